The predicted octanol–water partition coefficient (Wildman–Crippen LogP) is 4.56. The summed E-state index contributed by atoms with van der Waals surface area (Å²) in [6.07, 6.45) is 4.80. The lowest BCUT2D eigenvalue weighted by molar-refractivity contribution is -0.143. The third-order valence-electron chi connectivity index (χ3n) is 6.27. The number of hydrogen-bond acceptors (Lipinski definition) is 4. The predicted molar refractivity (Wildman–Crippen MR) is 129 cm³/mol. The molecule has 1 saturated carbocycles. The second-order valence-corrected chi connectivity index (χ2v) is 8.84. The molecule has 0 heterocycles. The number of carbonyl (C=O) groups excluding carboxylic acids is 2. The van der Waals surface area contributed by atoms with Crippen LogP contribution in [0.25, 0.3) is 0 Å². The number of hydrogen-bond donors (Lipinski definition) is 1. The molecule has 0 radical (unpaired) electrons. The van der Waals surface area contributed by atoms with E-state index >= 15 is 0 Å². The van der Waals surface area contributed by atoms with Crippen molar-refractivity contribution in [2.45, 2.75) is 71.5 Å². The minimum Gasteiger partial charge on any atom is -0.497 e. The van der Waals surface area contributed by atoms with E-state index in [2.05, 4.69) is 5.32 Å². The maximum atomic E-state index is 13.4. The first-order valence-corrected chi connectivity index (χ1v) is 11.8. The molecule has 0 saturated heterocycles. The van der Waals surface area contributed by atoms with Crippen molar-refractivity contribution in [2.75, 3.05) is 13.7 Å². The van der Waals surface area contributed by atoms with Crippen molar-refractivity contribution in [3.8, 4) is 11.5 Å². The topological polar surface area (TPSA) is 67.9 Å². The first-order valence-electron chi connectivity index (χ1n) is 11.8. The summed E-state index contributed by atoms with van der Waals surface area (Å²) in [5, 5.41) is 3.17. The van der Waals surface area contributed by atoms with Crippen LogP contribution >= 0.6 is 0 Å². The lowest BCUT2D eigenvalue weighted by Crippen LogP contribution is -2.52. The van der Waals surface area contributed by atoms with Gasteiger partial charge >= 0.3 is 0 Å². The maximum absolute atomic E-state index is 13.4. The SMILES string of the molecule is CC[C@H](C(=O)NC1CCCC1)N(Cc1cccc(OC)c1)C(=O)COc1cc(C)ccc1C. The van der Waals surface area contributed by atoms with Crippen molar-refractivity contribution in [2.24, 2.45) is 0 Å². The number of aryl methyl sites for hydroxylation is 2. The zero-order valence-electron chi connectivity index (χ0n) is 20.2. The summed E-state index contributed by atoms with van der Waals surface area (Å²) in [5.74, 6) is 1.10. The van der Waals surface area contributed by atoms with Crippen LogP contribution in [0.5, 0.6) is 11.5 Å². The molecule has 0 unspecified atom stereocenters. The van der Waals surface area contributed by atoms with Gasteiger partial charge in [-0.15, -0.1) is 0 Å². The Hall–Kier alpha value is -3.02. The minimum absolute atomic E-state index is 0.0904. The van der Waals surface area contributed by atoms with Crippen LogP contribution in [0.1, 0.15) is 55.7 Å². The van der Waals surface area contributed by atoms with Crippen LogP contribution in [0.2, 0.25) is 0 Å². The van der Waals surface area contributed by atoms with Gasteiger partial charge < -0.3 is 19.7 Å². The molecule has 2 aromatic carbocycles. The summed E-state index contributed by atoms with van der Waals surface area (Å²) in [5.41, 5.74) is 2.94. The summed E-state index contributed by atoms with van der Waals surface area (Å²) in [6, 6.07) is 13.2. The number of benzene rings is 2. The van der Waals surface area contributed by atoms with Gasteiger partial charge in [0.25, 0.3) is 5.91 Å². The Labute approximate surface area is 197 Å². The van der Waals surface area contributed by atoms with E-state index in [1.54, 1.807) is 12.0 Å². The fourth-order valence-corrected chi connectivity index (χ4v) is 4.34. The fourth-order valence-electron chi connectivity index (χ4n) is 4.34. The molecule has 1 aliphatic rings. The van der Waals surface area contributed by atoms with E-state index in [1.807, 2.05) is 63.2 Å². The smallest absolute Gasteiger partial charge is 0.261 e. The number of nitrogens with one attached hydrogen (secondary N) is 1. The molecule has 6 nitrogen and oxygen atoms in total. The summed E-state index contributed by atoms with van der Waals surface area (Å²) in [7, 11) is 1.62. The Morgan fingerprint density at radius 1 is 1.12 bits per heavy atom. The zero-order valence-corrected chi connectivity index (χ0v) is 20.2. The fraction of sp³-hybridized carbons (Fsp3) is 0.481. The Morgan fingerprint density at radius 2 is 1.88 bits per heavy atom. The summed E-state index contributed by atoms with van der Waals surface area (Å²) < 4.78 is 11.2. The van der Waals surface area contributed by atoms with E-state index < -0.39 is 6.04 Å². The number of nitrogens with zero attached hydrogens (tertiary/aromatic N) is 1. The molecule has 1 fully saturated rings. The minimum atomic E-state index is -0.563. The number of ether oxygens (including phenoxy) is 2. The third kappa shape index (κ3) is 6.73. The molecular formula is C27H36N2O4. The van der Waals surface area contributed by atoms with Gasteiger partial charge in [0.05, 0.1) is 7.11 Å². The van der Waals surface area contributed by atoms with Crippen molar-refractivity contribution < 1.29 is 19.1 Å². The molecule has 0 bridgehead atoms. The molecule has 1 atom stereocenters. The van der Waals surface area contributed by atoms with Crippen LogP contribution in [0.4, 0.5) is 0 Å². The molecule has 2 aromatic rings. The number of carbonyl (C=O) groups is 2. The Morgan fingerprint density at radius 3 is 2.58 bits per heavy atom. The molecular weight excluding hydrogens is 416 g/mol. The second-order valence-electron chi connectivity index (χ2n) is 8.84. The van der Waals surface area contributed by atoms with E-state index in [0.717, 1.165) is 48.1 Å². The van der Waals surface area contributed by atoms with Gasteiger partial charge in [-0.05, 0) is 68.0 Å². The van der Waals surface area contributed by atoms with Gasteiger partial charge in [0.1, 0.15) is 17.5 Å². The van der Waals surface area contributed by atoms with Crippen LogP contribution < -0.4 is 14.8 Å². The Balaban J connectivity index is 1.79. The quantitative estimate of drug-likeness (QED) is 0.574. The van der Waals surface area contributed by atoms with E-state index in [0.29, 0.717) is 18.7 Å². The average Bonchev–Trinajstić information content (AvgIpc) is 3.32. The summed E-state index contributed by atoms with van der Waals surface area (Å²) in [4.78, 5) is 28.2. The van der Waals surface area contributed by atoms with Crippen LogP contribution in [0, 0.1) is 13.8 Å². The van der Waals surface area contributed by atoms with E-state index in [4.69, 9.17) is 9.47 Å². The molecule has 1 aliphatic carbocycles. The van der Waals surface area contributed by atoms with Gasteiger partial charge in [0, 0.05) is 12.6 Å². The maximum Gasteiger partial charge on any atom is 0.261 e. The molecule has 6 heteroatoms. The number of methoxy groups -OCH3 is 1. The number of rotatable bonds is 10. The van der Waals surface area contributed by atoms with Gasteiger partial charge in [-0.3, -0.25) is 9.59 Å². The standard InChI is InChI=1S/C27H36N2O4/c1-5-24(27(31)28-22-10-6-7-11-22)29(17-21-9-8-12-23(16-21)32-4)26(30)18-33-25-15-19(2)13-14-20(25)3/h8-9,12-16,22,24H,5-7,10-11,17-18H2,1-4H3,(H,28,31)/t24-/m1/s1. The molecule has 0 spiro atoms. The van der Waals surface area contributed by atoms with Crippen molar-refractivity contribution in [1.82, 2.24) is 10.2 Å². The second kappa shape index (κ2) is 11.7. The molecule has 0 aromatic heterocycles. The van der Waals surface area contributed by atoms with E-state index in [1.165, 1.54) is 0 Å². The third-order valence-corrected chi connectivity index (χ3v) is 6.27. The molecule has 3 rings (SSSR count). The van der Waals surface area contributed by atoms with Crippen LogP contribution in [0.15, 0.2) is 42.5 Å². The van der Waals surface area contributed by atoms with Crippen molar-refractivity contribution >= 4 is 11.8 Å². The van der Waals surface area contributed by atoms with Crippen LogP contribution in [-0.4, -0.2) is 42.5 Å². The van der Waals surface area contributed by atoms with Gasteiger partial charge in [-0.25, -0.2) is 0 Å². The zero-order chi connectivity index (χ0) is 23.8. The first-order chi connectivity index (χ1) is 15.9. The molecule has 33 heavy (non-hydrogen) atoms. The van der Waals surface area contributed by atoms with Crippen molar-refractivity contribution in [1.29, 1.82) is 0 Å². The van der Waals surface area contributed by atoms with E-state index in [9.17, 15) is 9.59 Å². The largest absolute Gasteiger partial charge is 0.497 e. The van der Waals surface area contributed by atoms with Crippen LogP contribution in [-0.2, 0) is 16.1 Å². The molecule has 0 aliphatic heterocycles. The normalized spacial score (nSPS) is 14.5. The van der Waals surface area contributed by atoms with E-state index in [-0.39, 0.29) is 24.5 Å². The summed E-state index contributed by atoms with van der Waals surface area (Å²) in [6.45, 7) is 6.07. The lowest BCUT2D eigenvalue weighted by atomic mass is 10.1. The highest BCUT2D eigenvalue weighted by Gasteiger charge is 2.31. The van der Waals surface area contributed by atoms with Gasteiger partial charge in [0.15, 0.2) is 6.61 Å². The Bertz CT molecular complexity index is 953. The highest BCUT2D eigenvalue weighted by Crippen LogP contribution is 2.22. The van der Waals surface area contributed by atoms with Gasteiger partial charge in [-0.1, -0.05) is 44.0 Å². The molecule has 1 N–H and O–H groups in total. The monoisotopic (exact) mass is 452 g/mol. The van der Waals surface area contributed by atoms with Gasteiger partial charge in [0.2, 0.25) is 5.91 Å². The first kappa shape index (κ1) is 24.6. The number of amides is 2. The molecule has 178 valence electrons. The highest BCUT2D eigenvalue weighted by atomic mass is 16.5. The highest BCUT2D eigenvalue weighted by molar-refractivity contribution is 5.88. The summed E-state index contributed by atoms with van der Waals surface area (Å²) >= 11 is 0. The van der Waals surface area contributed by atoms with Gasteiger partial charge in [-0.2, -0.15) is 0 Å². The van der Waals surface area contributed by atoms with Crippen molar-refractivity contribution in [3.63, 3.8) is 0 Å². The van der Waals surface area contributed by atoms with Crippen molar-refractivity contribution in [3.05, 3.63) is 59.2 Å². The van der Waals surface area contributed by atoms with Crippen LogP contribution in [0.3, 0.4) is 0 Å². The lowest BCUT2D eigenvalue weighted by Gasteiger charge is -2.31. The Kier molecular flexibility index (Phi) is 8.75. The average molecular weight is 453 g/mol. The molecule has 2 amide bonds.